The van der Waals surface area contributed by atoms with E-state index in [1.807, 2.05) is 100 Å². The predicted molar refractivity (Wildman–Crippen MR) is 536 cm³/mol. The lowest BCUT2D eigenvalue weighted by atomic mass is 9.93. The lowest BCUT2D eigenvalue weighted by Gasteiger charge is -2.35. The molecule has 5 aromatic carbocycles. The van der Waals surface area contributed by atoms with Crippen LogP contribution in [0.2, 0.25) is 0 Å². The van der Waals surface area contributed by atoms with Crippen molar-refractivity contribution in [2.24, 2.45) is 0 Å². The van der Waals surface area contributed by atoms with Crippen LogP contribution in [0.4, 0.5) is 15.3 Å². The first-order valence-electron chi connectivity index (χ1n) is 45.8. The summed E-state index contributed by atoms with van der Waals surface area (Å²) in [5, 5.41) is 0.803. The van der Waals surface area contributed by atoms with E-state index in [0.717, 1.165) is 16.9 Å². The summed E-state index contributed by atoms with van der Waals surface area (Å²) in [4.78, 5) is 135. The SMILES string of the molecule is CC(C)S(=O)(=O)c1ccc(-c2cnc3[nH]cc(C(=O)N4CCCN(C(=O)OC(C)(C)C)CC4)c3n2)cc1.CC(C)S(=O)(=O)c1ccc(-c2cnc3[nH]cc(C(=O)N4CCN(C(=O)OC(C)(C)C)CC4)c3n2)cc1.CC(C)S(=O)(=O)c1ccc(-c2cnc3[nH]cc(C(=O)Nc4coc(C(C)(C)C)c4)c3n2)cc1.Cc1ccc(C(C)N(C)C(=O)c2c[nH]c3ncc(-c4ccc(S(=O)(=O)C(C)C)cc4)nc23)cc1. The van der Waals surface area contributed by atoms with Crippen LogP contribution >= 0.6 is 0 Å². The molecule has 1 unspecified atom stereocenters. The van der Waals surface area contributed by atoms with Gasteiger partial charge < -0.3 is 63.6 Å². The van der Waals surface area contributed by atoms with E-state index in [0.29, 0.717) is 171 Å². The molecule has 5 N–H and O–H groups in total. The number of amides is 6. The van der Waals surface area contributed by atoms with Crippen LogP contribution in [0.1, 0.15) is 195 Å². The van der Waals surface area contributed by atoms with Crippen LogP contribution in [-0.2, 0) is 54.2 Å². The number of ether oxygens (including phenoxy) is 2. The predicted octanol–water partition coefficient (Wildman–Crippen LogP) is 17.3. The van der Waals surface area contributed by atoms with E-state index in [-0.39, 0.29) is 66.9 Å². The van der Waals surface area contributed by atoms with Gasteiger partial charge in [0.15, 0.2) is 61.9 Å². The Morgan fingerprint density at radius 1 is 0.400 bits per heavy atom. The molecule has 2 fully saturated rings. The summed E-state index contributed by atoms with van der Waals surface area (Å²) < 4.78 is 116. The van der Waals surface area contributed by atoms with Gasteiger partial charge in [0.05, 0.1) is 122 Å². The van der Waals surface area contributed by atoms with Gasteiger partial charge in [-0.15, -0.1) is 0 Å². The summed E-state index contributed by atoms with van der Waals surface area (Å²) >= 11 is 0. The first-order chi connectivity index (χ1) is 65.8. The molecule has 140 heavy (non-hydrogen) atoms. The van der Waals surface area contributed by atoms with Crippen LogP contribution < -0.4 is 5.32 Å². The summed E-state index contributed by atoms with van der Waals surface area (Å²) in [5.41, 5.74) is 11.7. The fourth-order valence-corrected chi connectivity index (χ4v) is 19.2. The zero-order valence-electron chi connectivity index (χ0n) is 82.0. The van der Waals surface area contributed by atoms with Gasteiger partial charge in [-0.2, -0.15) is 0 Å². The average Bonchev–Trinajstić information content (AvgIpc) is 1.63. The number of sulfone groups is 4. The number of benzene rings is 5. The summed E-state index contributed by atoms with van der Waals surface area (Å²) in [6.07, 6.45) is 14.1. The molecule has 0 bridgehead atoms. The van der Waals surface area contributed by atoms with Crippen LogP contribution in [0.3, 0.4) is 0 Å². The molecule has 35 nitrogen and oxygen atoms in total. The monoisotopic (exact) mass is 1980 g/mol. The van der Waals surface area contributed by atoms with E-state index in [1.165, 1.54) is 11.8 Å². The quantitative estimate of drug-likeness (QED) is 0.0502. The van der Waals surface area contributed by atoms with Gasteiger partial charge in [0, 0.05) is 118 Å². The minimum Gasteiger partial charge on any atom is -0.467 e. The second-order valence-electron chi connectivity index (χ2n) is 38.4. The summed E-state index contributed by atoms with van der Waals surface area (Å²) in [6, 6.07) is 35.9. The molecule has 39 heteroatoms. The summed E-state index contributed by atoms with van der Waals surface area (Å²) in [5.74, 6) is -0.129. The Labute approximate surface area is 814 Å². The average molecular weight is 1980 g/mol. The molecular formula is C101H118N18O17S4. The van der Waals surface area contributed by atoms with Crippen LogP contribution in [0.25, 0.3) is 89.7 Å². The van der Waals surface area contributed by atoms with E-state index < -0.39 is 71.6 Å². The Bertz CT molecular complexity index is 7420. The molecule has 11 heterocycles. The van der Waals surface area contributed by atoms with Gasteiger partial charge >= 0.3 is 12.2 Å². The third kappa shape index (κ3) is 23.6. The molecule has 2 aliphatic heterocycles. The maximum Gasteiger partial charge on any atom is 0.410 e. The molecule has 0 radical (unpaired) electrons. The molecule has 0 aliphatic carbocycles. The first-order valence-corrected chi connectivity index (χ1v) is 52.0. The lowest BCUT2D eigenvalue weighted by Crippen LogP contribution is -2.51. The Morgan fingerprint density at radius 2 is 0.693 bits per heavy atom. The van der Waals surface area contributed by atoms with Crippen LogP contribution in [0, 0.1) is 6.92 Å². The van der Waals surface area contributed by atoms with E-state index in [9.17, 15) is 62.4 Å². The highest BCUT2D eigenvalue weighted by molar-refractivity contribution is 7.93. The number of nitrogens with one attached hydrogen (secondary N) is 5. The Balaban J connectivity index is 0.000000157. The number of piperazine rings is 1. The van der Waals surface area contributed by atoms with Gasteiger partial charge in [0.1, 0.15) is 45.3 Å². The van der Waals surface area contributed by atoms with E-state index in [1.54, 1.807) is 240 Å². The van der Waals surface area contributed by atoms with Crippen molar-refractivity contribution in [2.45, 2.75) is 201 Å². The van der Waals surface area contributed by atoms with Crippen molar-refractivity contribution < 1.29 is 76.3 Å². The number of carbonyl (C=O) groups excluding carboxylic acids is 6. The van der Waals surface area contributed by atoms with Crippen LogP contribution in [-0.4, -0.2) is 245 Å². The number of hydrogen-bond acceptors (Lipinski definition) is 25. The molecule has 738 valence electrons. The summed E-state index contributed by atoms with van der Waals surface area (Å²) in [7, 11) is -11.7. The third-order valence-electron chi connectivity index (χ3n) is 23.6. The Morgan fingerprint density at radius 3 is 1.01 bits per heavy atom. The van der Waals surface area contributed by atoms with Crippen molar-refractivity contribution in [1.82, 2.24) is 84.3 Å². The van der Waals surface area contributed by atoms with Gasteiger partial charge in [-0.05, 0) is 171 Å². The maximum atomic E-state index is 13.4. The number of aromatic amines is 4. The van der Waals surface area contributed by atoms with Crippen molar-refractivity contribution in [3.05, 3.63) is 222 Å². The second kappa shape index (κ2) is 41.6. The Kier molecular flexibility index (Phi) is 30.8. The fraction of sp³-hybridized carbons (Fsp3) is 0.366. The van der Waals surface area contributed by atoms with Crippen LogP contribution in [0.5, 0.6) is 0 Å². The van der Waals surface area contributed by atoms with Gasteiger partial charge in [0.2, 0.25) is 0 Å². The number of aromatic nitrogens is 12. The van der Waals surface area contributed by atoms with Crippen LogP contribution in [0.15, 0.2) is 207 Å². The number of furan rings is 1. The van der Waals surface area contributed by atoms with E-state index in [4.69, 9.17) is 13.9 Å². The number of nitrogens with zero attached hydrogens (tertiary/aromatic N) is 13. The minimum atomic E-state index is -3.38. The molecule has 0 spiro atoms. The van der Waals surface area contributed by atoms with E-state index in [2.05, 4.69) is 65.1 Å². The highest BCUT2D eigenvalue weighted by Gasteiger charge is 2.34. The molecule has 1 atom stereocenters. The number of rotatable bonds is 19. The fourth-order valence-electron chi connectivity index (χ4n) is 15.0. The largest absolute Gasteiger partial charge is 0.467 e. The molecule has 2 saturated heterocycles. The van der Waals surface area contributed by atoms with Crippen molar-refractivity contribution in [3.63, 3.8) is 0 Å². The number of H-pyrrole nitrogens is 4. The molecule has 16 rings (SSSR count). The first kappa shape index (κ1) is 103. The van der Waals surface area contributed by atoms with Crippen molar-refractivity contribution in [3.8, 4) is 45.0 Å². The second-order valence-corrected chi connectivity index (χ2v) is 48.4. The van der Waals surface area contributed by atoms with Crippen molar-refractivity contribution in [2.75, 3.05) is 64.7 Å². The van der Waals surface area contributed by atoms with Gasteiger partial charge in [-0.25, -0.2) is 83.1 Å². The number of carbonyl (C=O) groups is 6. The molecule has 14 aromatic rings. The number of anilines is 1. The number of aryl methyl sites for hydroxylation is 1. The molecule has 9 aromatic heterocycles. The highest BCUT2D eigenvalue weighted by Crippen LogP contribution is 2.34. The lowest BCUT2D eigenvalue weighted by molar-refractivity contribution is 0.0140. The normalized spacial score (nSPS) is 13.9. The Hall–Kier alpha value is -13.9. The van der Waals surface area contributed by atoms with E-state index >= 15 is 0 Å². The molecule has 0 saturated carbocycles. The zero-order chi connectivity index (χ0) is 102. The van der Waals surface area contributed by atoms with Gasteiger partial charge in [-0.3, -0.25) is 19.2 Å². The topological polar surface area (TPSA) is 465 Å². The molecule has 2 aliphatic rings. The van der Waals surface area contributed by atoms with Crippen molar-refractivity contribution >= 4 is 126 Å². The smallest absolute Gasteiger partial charge is 0.410 e. The third-order valence-corrected chi connectivity index (χ3v) is 32.2. The molecular weight excluding hydrogens is 1870 g/mol. The van der Waals surface area contributed by atoms with Gasteiger partial charge in [0.25, 0.3) is 23.6 Å². The summed E-state index contributed by atoms with van der Waals surface area (Å²) in [6.45, 7) is 37.5. The number of hydrogen-bond donors (Lipinski definition) is 5. The van der Waals surface area contributed by atoms with Crippen molar-refractivity contribution in [1.29, 1.82) is 0 Å². The zero-order valence-corrected chi connectivity index (χ0v) is 85.2. The number of fused-ring (bicyclic) bond motifs is 4. The minimum absolute atomic E-state index is 0.121. The maximum absolute atomic E-state index is 13.4. The molecule has 6 amide bonds. The standard InChI is InChI=1S/C26H33N5O5S.C26H28N4O3S.C25H31N5O5S.C24H26N4O4S/c1-17(2)37(34,35)19-9-7-18(8-10-19)21-16-28-23-22(29-21)20(15-27-23)24(32)30-11-6-12-31(14-13-30)25(33)36-26(3,4)5;1-16(2)34(32,33)21-12-10-20(11-13-21)23-15-28-25-24(29-23)22(14-27-25)26(31)30(5)18(4)19-8-6-17(3)7-9-19;1-16(2)36(33,34)18-8-6-17(7-9-18)20-15-27-22-21(28-20)19(14-26-22)23(31)29-10-12-30(13-11-29)24(32)35-25(3,4)5;1-14(2)33(30,31)17-8-6-15(7-9-17)19-12-26-22-21(28-19)18(11-25-22)23(29)27-16-10-20(32-13-16)24(3,4)5/h7-10,15-17H,6,11-14H2,1-5H3,(H,27,28);6-16,18H,1-5H3,(H,27,28);6-9,14-16H,10-13H2,1-5H3,(H,26,27);6-14H,1-5H3,(H,25,26)(H,27,29). The van der Waals surface area contributed by atoms with Gasteiger partial charge in [-0.1, -0.05) is 99.1 Å². The highest BCUT2D eigenvalue weighted by atomic mass is 32.2.